The summed E-state index contributed by atoms with van der Waals surface area (Å²) in [7, 11) is 0. The van der Waals surface area contributed by atoms with Crippen molar-refractivity contribution in [2.45, 2.75) is 36.7 Å². The molecule has 0 amide bonds. The number of nitrogens with zero attached hydrogens (tertiary/aromatic N) is 3. The summed E-state index contributed by atoms with van der Waals surface area (Å²) in [6.07, 6.45) is 2.40. The van der Waals surface area contributed by atoms with Gasteiger partial charge in [0.15, 0.2) is 0 Å². The summed E-state index contributed by atoms with van der Waals surface area (Å²) in [5.74, 6) is 2.48. The van der Waals surface area contributed by atoms with Gasteiger partial charge in [0.2, 0.25) is 0 Å². The van der Waals surface area contributed by atoms with Crippen LogP contribution in [0.2, 0.25) is 0 Å². The Bertz CT molecular complexity index is 566. The van der Waals surface area contributed by atoms with E-state index in [0.717, 1.165) is 24.5 Å². The Balaban J connectivity index is 1.77. The lowest BCUT2D eigenvalue weighted by atomic mass is 9.92. The lowest BCUT2D eigenvalue weighted by Crippen LogP contribution is -2.32. The summed E-state index contributed by atoms with van der Waals surface area (Å²) < 4.78 is 1.92. The molecule has 4 nitrogen and oxygen atoms in total. The summed E-state index contributed by atoms with van der Waals surface area (Å²) in [6, 6.07) is 8.67. The minimum atomic E-state index is 0.102. The van der Waals surface area contributed by atoms with E-state index in [1.165, 1.54) is 10.5 Å². The fraction of sp³-hybridized carbons (Fsp3) is 0.429. The van der Waals surface area contributed by atoms with E-state index in [-0.39, 0.29) is 6.04 Å². The molecule has 2 heterocycles. The van der Waals surface area contributed by atoms with Crippen molar-refractivity contribution in [3.63, 3.8) is 0 Å². The van der Waals surface area contributed by atoms with Gasteiger partial charge >= 0.3 is 0 Å². The van der Waals surface area contributed by atoms with Gasteiger partial charge in [0.05, 0.1) is 0 Å². The quantitative estimate of drug-likeness (QED) is 0.927. The van der Waals surface area contributed by atoms with Crippen LogP contribution in [0.5, 0.6) is 0 Å². The van der Waals surface area contributed by atoms with Crippen LogP contribution in [0.4, 0.5) is 0 Å². The highest BCUT2D eigenvalue weighted by Gasteiger charge is 2.28. The molecule has 1 aromatic carbocycles. The Morgan fingerprint density at radius 2 is 2.32 bits per heavy atom. The summed E-state index contributed by atoms with van der Waals surface area (Å²) in [6.45, 7) is 2.92. The standard InChI is InChI=1S/C14H18N4S/c1-2-18-14(16-9-17-18)7-12(15)11-8-19-13-6-4-3-5-10(11)13/h3-6,9,11-12H,2,7-8,15H2,1H3. The molecule has 2 unspecified atom stereocenters. The highest BCUT2D eigenvalue weighted by molar-refractivity contribution is 7.99. The number of thioether (sulfide) groups is 1. The summed E-state index contributed by atoms with van der Waals surface area (Å²) in [5, 5.41) is 4.20. The molecular weight excluding hydrogens is 256 g/mol. The van der Waals surface area contributed by atoms with Crippen molar-refractivity contribution in [2.24, 2.45) is 5.73 Å². The first-order valence-electron chi connectivity index (χ1n) is 6.63. The van der Waals surface area contributed by atoms with Gasteiger partial charge in [0.25, 0.3) is 0 Å². The Kier molecular flexibility index (Phi) is 3.57. The SMILES string of the molecule is CCn1ncnc1CC(N)C1CSc2ccccc21. The van der Waals surface area contributed by atoms with Crippen molar-refractivity contribution in [1.29, 1.82) is 0 Å². The van der Waals surface area contributed by atoms with Gasteiger partial charge in [-0.1, -0.05) is 18.2 Å². The normalized spacial score (nSPS) is 19.4. The molecule has 19 heavy (non-hydrogen) atoms. The second-order valence-corrected chi connectivity index (χ2v) is 5.88. The smallest absolute Gasteiger partial charge is 0.138 e. The molecule has 0 bridgehead atoms. The van der Waals surface area contributed by atoms with E-state index >= 15 is 0 Å². The van der Waals surface area contributed by atoms with Gasteiger partial charge in [-0.05, 0) is 18.6 Å². The lowest BCUT2D eigenvalue weighted by Gasteiger charge is -2.19. The molecule has 1 aliphatic rings. The fourth-order valence-electron chi connectivity index (χ4n) is 2.61. The molecule has 2 aromatic rings. The van der Waals surface area contributed by atoms with Crippen LogP contribution in [-0.2, 0) is 13.0 Å². The van der Waals surface area contributed by atoms with Crippen LogP contribution in [0.3, 0.4) is 0 Å². The van der Waals surface area contributed by atoms with Gasteiger partial charge in [-0.15, -0.1) is 11.8 Å². The predicted octanol–water partition coefficient (Wildman–Crippen LogP) is 2.06. The molecule has 0 saturated carbocycles. The number of nitrogens with two attached hydrogens (primary N) is 1. The van der Waals surface area contributed by atoms with Crippen LogP contribution < -0.4 is 5.73 Å². The van der Waals surface area contributed by atoms with Crippen LogP contribution in [0, 0.1) is 0 Å². The van der Waals surface area contributed by atoms with E-state index in [0.29, 0.717) is 5.92 Å². The average molecular weight is 274 g/mol. The maximum atomic E-state index is 6.41. The summed E-state index contributed by atoms with van der Waals surface area (Å²) in [4.78, 5) is 5.69. The first kappa shape index (κ1) is 12.7. The zero-order valence-corrected chi connectivity index (χ0v) is 11.8. The summed E-state index contributed by atoms with van der Waals surface area (Å²) in [5.41, 5.74) is 7.81. The molecule has 2 N–H and O–H groups in total. The van der Waals surface area contributed by atoms with Crippen LogP contribution >= 0.6 is 11.8 Å². The van der Waals surface area contributed by atoms with E-state index < -0.39 is 0 Å². The molecule has 100 valence electrons. The molecule has 2 atom stereocenters. The Morgan fingerprint density at radius 1 is 1.47 bits per heavy atom. The largest absolute Gasteiger partial charge is 0.327 e. The van der Waals surface area contributed by atoms with Crippen molar-refractivity contribution in [3.05, 3.63) is 42.0 Å². The van der Waals surface area contributed by atoms with Crippen LogP contribution in [0.15, 0.2) is 35.5 Å². The molecule has 0 saturated heterocycles. The number of hydrogen-bond donors (Lipinski definition) is 1. The Hall–Kier alpha value is -1.33. The topological polar surface area (TPSA) is 56.7 Å². The number of aromatic nitrogens is 3. The van der Waals surface area contributed by atoms with E-state index in [2.05, 4.69) is 41.3 Å². The Morgan fingerprint density at radius 3 is 3.16 bits per heavy atom. The molecule has 5 heteroatoms. The lowest BCUT2D eigenvalue weighted by molar-refractivity contribution is 0.525. The highest BCUT2D eigenvalue weighted by Crippen LogP contribution is 2.40. The molecule has 1 aromatic heterocycles. The number of benzene rings is 1. The molecule has 0 radical (unpaired) electrons. The van der Waals surface area contributed by atoms with Crippen LogP contribution in [0.25, 0.3) is 0 Å². The fourth-order valence-corrected chi connectivity index (χ4v) is 3.95. The maximum absolute atomic E-state index is 6.41. The first-order chi connectivity index (χ1) is 9.29. The molecule has 0 fully saturated rings. The third-order valence-electron chi connectivity index (χ3n) is 3.67. The van der Waals surface area contributed by atoms with E-state index in [9.17, 15) is 0 Å². The first-order valence-corrected chi connectivity index (χ1v) is 7.62. The van der Waals surface area contributed by atoms with Crippen molar-refractivity contribution in [3.8, 4) is 0 Å². The van der Waals surface area contributed by atoms with Crippen molar-refractivity contribution in [2.75, 3.05) is 5.75 Å². The van der Waals surface area contributed by atoms with Crippen molar-refractivity contribution in [1.82, 2.24) is 14.8 Å². The van der Waals surface area contributed by atoms with Gasteiger partial charge in [0.1, 0.15) is 12.2 Å². The zero-order valence-electron chi connectivity index (χ0n) is 11.0. The zero-order chi connectivity index (χ0) is 13.2. The average Bonchev–Trinajstić information content (AvgIpc) is 3.04. The van der Waals surface area contributed by atoms with E-state index in [1.807, 2.05) is 16.4 Å². The third-order valence-corrected chi connectivity index (χ3v) is 4.88. The minimum absolute atomic E-state index is 0.102. The van der Waals surface area contributed by atoms with Crippen molar-refractivity contribution >= 4 is 11.8 Å². The summed E-state index contributed by atoms with van der Waals surface area (Å²) >= 11 is 1.90. The van der Waals surface area contributed by atoms with Crippen LogP contribution in [-0.4, -0.2) is 26.6 Å². The monoisotopic (exact) mass is 274 g/mol. The number of hydrogen-bond acceptors (Lipinski definition) is 4. The minimum Gasteiger partial charge on any atom is -0.327 e. The second-order valence-electron chi connectivity index (χ2n) is 4.82. The molecule has 0 aliphatic carbocycles. The van der Waals surface area contributed by atoms with Gasteiger partial charge in [-0.3, -0.25) is 4.68 Å². The van der Waals surface area contributed by atoms with Gasteiger partial charge < -0.3 is 5.73 Å². The van der Waals surface area contributed by atoms with Gasteiger partial charge in [0, 0.05) is 35.6 Å². The molecule has 1 aliphatic heterocycles. The van der Waals surface area contributed by atoms with Crippen LogP contribution in [0.1, 0.15) is 24.2 Å². The molecule has 3 rings (SSSR count). The van der Waals surface area contributed by atoms with E-state index in [1.54, 1.807) is 6.33 Å². The predicted molar refractivity (Wildman–Crippen MR) is 77.3 cm³/mol. The maximum Gasteiger partial charge on any atom is 0.138 e. The third kappa shape index (κ3) is 2.40. The number of rotatable bonds is 4. The molecular formula is C14H18N4S. The molecule has 0 spiro atoms. The highest BCUT2D eigenvalue weighted by atomic mass is 32.2. The Labute approximate surface area is 117 Å². The van der Waals surface area contributed by atoms with E-state index in [4.69, 9.17) is 5.73 Å². The number of fused-ring (bicyclic) bond motifs is 1. The van der Waals surface area contributed by atoms with Crippen molar-refractivity contribution < 1.29 is 0 Å². The second kappa shape index (κ2) is 5.35. The number of aryl methyl sites for hydroxylation is 1. The van der Waals surface area contributed by atoms with Gasteiger partial charge in [-0.25, -0.2) is 4.98 Å². The van der Waals surface area contributed by atoms with Gasteiger partial charge in [-0.2, -0.15) is 5.10 Å².